The zero-order valence-corrected chi connectivity index (χ0v) is 9.79. The Morgan fingerprint density at radius 2 is 2.13 bits per heavy atom. The van der Waals surface area contributed by atoms with E-state index in [0.29, 0.717) is 18.2 Å². The highest BCUT2D eigenvalue weighted by Crippen LogP contribution is 2.19. The van der Waals surface area contributed by atoms with Crippen LogP contribution in [0, 0.1) is 12.8 Å². The first-order valence-corrected chi connectivity index (χ1v) is 5.45. The fourth-order valence-corrected chi connectivity index (χ4v) is 1.36. The van der Waals surface area contributed by atoms with Crippen molar-refractivity contribution >= 4 is 5.82 Å². The summed E-state index contributed by atoms with van der Waals surface area (Å²) in [5.74, 6) is 1.91. The summed E-state index contributed by atoms with van der Waals surface area (Å²) < 4.78 is 5.55. The maximum atomic E-state index is 5.73. The fraction of sp³-hybridized carbons (Fsp3) is 0.583. The van der Waals surface area contributed by atoms with Gasteiger partial charge in [-0.1, -0.05) is 13.8 Å². The van der Waals surface area contributed by atoms with Gasteiger partial charge in [0.1, 0.15) is 0 Å². The Labute approximate surface area is 91.7 Å². The van der Waals surface area contributed by atoms with Gasteiger partial charge in [-0.25, -0.2) is 4.98 Å². The number of aromatic nitrogens is 1. The van der Waals surface area contributed by atoms with Gasteiger partial charge in [-0.15, -0.1) is 0 Å². The van der Waals surface area contributed by atoms with Crippen molar-refractivity contribution in [2.75, 3.05) is 12.3 Å². The summed E-state index contributed by atoms with van der Waals surface area (Å²) in [6.45, 7) is 7.05. The predicted molar refractivity (Wildman–Crippen MR) is 63.0 cm³/mol. The summed E-state index contributed by atoms with van der Waals surface area (Å²) in [6, 6.07) is 3.79. The Hall–Kier alpha value is -1.25. The van der Waals surface area contributed by atoms with Crippen LogP contribution in [0.3, 0.4) is 0 Å². The van der Waals surface area contributed by atoms with Gasteiger partial charge in [0, 0.05) is 5.69 Å². The molecule has 84 valence electrons. The minimum atomic E-state index is 0.486. The minimum Gasteiger partial charge on any atom is -0.490 e. The second-order valence-corrected chi connectivity index (χ2v) is 4.22. The minimum absolute atomic E-state index is 0.486. The molecule has 0 amide bonds. The van der Waals surface area contributed by atoms with Crippen molar-refractivity contribution in [1.29, 1.82) is 0 Å². The van der Waals surface area contributed by atoms with E-state index in [1.165, 1.54) is 6.42 Å². The lowest BCUT2D eigenvalue weighted by Gasteiger charge is -2.09. The molecule has 0 aromatic carbocycles. The number of nitrogen functional groups attached to an aromatic ring is 1. The molecule has 0 bridgehead atoms. The molecule has 3 heteroatoms. The average Bonchev–Trinajstić information content (AvgIpc) is 2.14. The number of pyridine rings is 1. The van der Waals surface area contributed by atoms with E-state index in [9.17, 15) is 0 Å². The van der Waals surface area contributed by atoms with Crippen LogP contribution in [0.2, 0.25) is 0 Å². The van der Waals surface area contributed by atoms with Crippen LogP contribution in [-0.2, 0) is 0 Å². The van der Waals surface area contributed by atoms with E-state index >= 15 is 0 Å². The molecule has 2 N–H and O–H groups in total. The normalized spacial score (nSPS) is 10.7. The van der Waals surface area contributed by atoms with Gasteiger partial charge in [0.25, 0.3) is 0 Å². The largest absolute Gasteiger partial charge is 0.490 e. The SMILES string of the molecule is Cc1ccc(OCCCC(C)C)c(N)n1. The molecule has 1 aromatic rings. The van der Waals surface area contributed by atoms with Crippen LogP contribution in [0.15, 0.2) is 12.1 Å². The quantitative estimate of drug-likeness (QED) is 0.757. The number of aryl methyl sites for hydroxylation is 1. The molecule has 0 saturated carbocycles. The first-order valence-electron chi connectivity index (χ1n) is 5.45. The van der Waals surface area contributed by atoms with E-state index in [1.807, 2.05) is 19.1 Å². The Balaban J connectivity index is 2.37. The standard InChI is InChI=1S/C12H20N2O/c1-9(2)5-4-8-15-11-7-6-10(3)14-12(11)13/h6-7,9H,4-5,8H2,1-3H3,(H2,13,14). The van der Waals surface area contributed by atoms with Gasteiger partial charge in [-0.2, -0.15) is 0 Å². The molecule has 0 aliphatic rings. The van der Waals surface area contributed by atoms with Crippen molar-refractivity contribution in [2.45, 2.75) is 33.6 Å². The number of ether oxygens (including phenoxy) is 1. The second-order valence-electron chi connectivity index (χ2n) is 4.22. The van der Waals surface area contributed by atoms with E-state index in [1.54, 1.807) is 0 Å². The van der Waals surface area contributed by atoms with Gasteiger partial charge < -0.3 is 10.5 Å². The Bertz CT molecular complexity index is 310. The smallest absolute Gasteiger partial charge is 0.166 e. The third kappa shape index (κ3) is 4.19. The monoisotopic (exact) mass is 208 g/mol. The lowest BCUT2D eigenvalue weighted by molar-refractivity contribution is 0.298. The molecule has 15 heavy (non-hydrogen) atoms. The predicted octanol–water partition coefficient (Wildman–Crippen LogP) is 2.79. The van der Waals surface area contributed by atoms with E-state index < -0.39 is 0 Å². The maximum absolute atomic E-state index is 5.73. The number of nitrogens with two attached hydrogens (primary N) is 1. The molecule has 1 rings (SSSR count). The van der Waals surface area contributed by atoms with Gasteiger partial charge in [-0.05, 0) is 37.8 Å². The van der Waals surface area contributed by atoms with Gasteiger partial charge in [0.05, 0.1) is 6.61 Å². The zero-order valence-electron chi connectivity index (χ0n) is 9.79. The van der Waals surface area contributed by atoms with Crippen molar-refractivity contribution in [3.63, 3.8) is 0 Å². The molecule has 1 heterocycles. The molecular weight excluding hydrogens is 188 g/mol. The average molecular weight is 208 g/mol. The third-order valence-electron chi connectivity index (χ3n) is 2.21. The first-order chi connectivity index (χ1) is 7.09. The number of nitrogens with zero attached hydrogens (tertiary/aromatic N) is 1. The van der Waals surface area contributed by atoms with Crippen LogP contribution >= 0.6 is 0 Å². The fourth-order valence-electron chi connectivity index (χ4n) is 1.36. The number of hydrogen-bond acceptors (Lipinski definition) is 3. The molecule has 0 aliphatic carbocycles. The van der Waals surface area contributed by atoms with Crippen LogP contribution in [-0.4, -0.2) is 11.6 Å². The summed E-state index contributed by atoms with van der Waals surface area (Å²) in [5.41, 5.74) is 6.65. The van der Waals surface area contributed by atoms with Gasteiger partial charge in [-0.3, -0.25) is 0 Å². The summed E-state index contributed by atoms with van der Waals surface area (Å²) in [7, 11) is 0. The topological polar surface area (TPSA) is 48.1 Å². The summed E-state index contributed by atoms with van der Waals surface area (Å²) in [4.78, 5) is 4.14. The molecule has 3 nitrogen and oxygen atoms in total. The van der Waals surface area contributed by atoms with Gasteiger partial charge in [0.15, 0.2) is 11.6 Å². The summed E-state index contributed by atoms with van der Waals surface area (Å²) >= 11 is 0. The first kappa shape index (κ1) is 11.8. The van der Waals surface area contributed by atoms with Gasteiger partial charge >= 0.3 is 0 Å². The van der Waals surface area contributed by atoms with E-state index in [0.717, 1.165) is 18.0 Å². The van der Waals surface area contributed by atoms with E-state index in [-0.39, 0.29) is 0 Å². The van der Waals surface area contributed by atoms with Crippen LogP contribution in [0.1, 0.15) is 32.4 Å². The molecule has 0 atom stereocenters. The van der Waals surface area contributed by atoms with E-state index in [4.69, 9.17) is 10.5 Å². The number of hydrogen-bond donors (Lipinski definition) is 1. The Morgan fingerprint density at radius 1 is 1.40 bits per heavy atom. The highest BCUT2D eigenvalue weighted by atomic mass is 16.5. The summed E-state index contributed by atoms with van der Waals surface area (Å²) in [5, 5.41) is 0. The lowest BCUT2D eigenvalue weighted by Crippen LogP contribution is -2.03. The molecule has 0 fully saturated rings. The van der Waals surface area contributed by atoms with E-state index in [2.05, 4.69) is 18.8 Å². The van der Waals surface area contributed by atoms with Crippen molar-refractivity contribution in [1.82, 2.24) is 4.98 Å². The van der Waals surface area contributed by atoms with Crippen molar-refractivity contribution in [3.8, 4) is 5.75 Å². The summed E-state index contributed by atoms with van der Waals surface area (Å²) in [6.07, 6.45) is 2.24. The van der Waals surface area contributed by atoms with Crippen molar-refractivity contribution < 1.29 is 4.74 Å². The molecule has 1 aromatic heterocycles. The molecule has 0 spiro atoms. The van der Waals surface area contributed by atoms with Gasteiger partial charge in [0.2, 0.25) is 0 Å². The lowest BCUT2D eigenvalue weighted by atomic mass is 10.1. The third-order valence-corrected chi connectivity index (χ3v) is 2.21. The second kappa shape index (κ2) is 5.59. The van der Waals surface area contributed by atoms with Crippen molar-refractivity contribution in [2.24, 2.45) is 5.92 Å². The molecule has 0 unspecified atom stereocenters. The zero-order chi connectivity index (χ0) is 11.3. The Morgan fingerprint density at radius 3 is 2.73 bits per heavy atom. The van der Waals surface area contributed by atoms with Crippen LogP contribution < -0.4 is 10.5 Å². The van der Waals surface area contributed by atoms with Crippen LogP contribution in [0.25, 0.3) is 0 Å². The maximum Gasteiger partial charge on any atom is 0.166 e. The highest BCUT2D eigenvalue weighted by molar-refractivity contribution is 5.46. The number of anilines is 1. The Kier molecular flexibility index (Phi) is 4.40. The molecule has 0 saturated heterocycles. The number of rotatable bonds is 5. The van der Waals surface area contributed by atoms with Crippen LogP contribution in [0.4, 0.5) is 5.82 Å². The van der Waals surface area contributed by atoms with Crippen molar-refractivity contribution in [3.05, 3.63) is 17.8 Å². The highest BCUT2D eigenvalue weighted by Gasteiger charge is 2.01. The molecule has 0 aliphatic heterocycles. The molecular formula is C12H20N2O. The molecule has 0 radical (unpaired) electrons. The van der Waals surface area contributed by atoms with Crippen LogP contribution in [0.5, 0.6) is 5.75 Å².